The van der Waals surface area contributed by atoms with Crippen LogP contribution in [-0.2, 0) is 20.1 Å². The van der Waals surface area contributed by atoms with Gasteiger partial charge in [0, 0.05) is 37.9 Å². The van der Waals surface area contributed by atoms with Crippen molar-refractivity contribution in [2.24, 2.45) is 0 Å². The van der Waals surface area contributed by atoms with Crippen molar-refractivity contribution in [1.29, 1.82) is 0 Å². The van der Waals surface area contributed by atoms with Crippen LogP contribution in [0.15, 0.2) is 150 Å². The average Bonchev–Trinajstić information content (AvgIpc) is 3.51. The minimum Gasteiger partial charge on any atom is 0 e. The van der Waals surface area contributed by atoms with Gasteiger partial charge in [0.05, 0.1) is 17.5 Å². The summed E-state index contributed by atoms with van der Waals surface area (Å²) in [7, 11) is 8.46. The second-order valence-electron chi connectivity index (χ2n) is 14.4. The Morgan fingerprint density at radius 3 is 1.85 bits per heavy atom. The van der Waals surface area contributed by atoms with Crippen LogP contribution >= 0.6 is 0 Å². The fourth-order valence-electron chi connectivity index (χ4n) is 6.80. The predicted molar refractivity (Wildman–Crippen MR) is 220 cm³/mol. The van der Waals surface area contributed by atoms with E-state index in [0.29, 0.717) is 0 Å². The molecule has 0 aliphatic heterocycles. The van der Waals surface area contributed by atoms with Gasteiger partial charge in [-0.15, -0.1) is 6.07 Å². The van der Waals surface area contributed by atoms with E-state index < -0.39 is 13.3 Å². The Morgan fingerprint density at radius 1 is 0.547 bits per heavy atom. The maximum atomic E-state index is 6.44. The molecule has 0 N–H and O–H groups in total. The van der Waals surface area contributed by atoms with Crippen LogP contribution < -0.4 is 13.5 Å². The predicted octanol–water partition coefficient (Wildman–Crippen LogP) is 11.0. The first-order valence-corrected chi connectivity index (χ1v) is 24.9. The third kappa shape index (κ3) is 7.68. The Bertz CT molecular complexity index is 2550. The van der Waals surface area contributed by atoms with E-state index in [0.717, 1.165) is 61.1 Å². The summed E-state index contributed by atoms with van der Waals surface area (Å²) in [5.74, 6) is 7.18. The van der Waals surface area contributed by atoms with Crippen molar-refractivity contribution in [3.05, 3.63) is 190 Å². The molecule has 3 heterocycles. The van der Waals surface area contributed by atoms with E-state index in [9.17, 15) is 0 Å². The molecule has 5 heteroatoms. The molecule has 0 unspecified atom stereocenters. The molecule has 1 radical (unpaired) electrons. The molecule has 0 atom stereocenters. The van der Waals surface area contributed by atoms with Crippen molar-refractivity contribution in [3.8, 4) is 44.8 Å². The third-order valence-corrected chi connectivity index (χ3v) is 14.0. The van der Waals surface area contributed by atoms with Gasteiger partial charge in [0.15, 0.2) is 0 Å². The zero-order valence-electron chi connectivity index (χ0n) is 30.8. The number of fused-ring (bicyclic) bond motifs is 3. The van der Waals surface area contributed by atoms with Gasteiger partial charge in [0.25, 0.3) is 0 Å². The van der Waals surface area contributed by atoms with E-state index in [1.54, 1.807) is 0 Å². The van der Waals surface area contributed by atoms with Crippen LogP contribution in [0.1, 0.15) is 16.7 Å². The molecule has 8 rings (SSSR count). The average molecular weight is 930 g/mol. The van der Waals surface area contributed by atoms with Gasteiger partial charge in [-0.05, 0) is 41.3 Å². The minimum absolute atomic E-state index is 0. The molecule has 0 aliphatic rings. The molecule has 0 aliphatic carbocycles. The summed E-state index contributed by atoms with van der Waals surface area (Å²) in [4.78, 5) is 0. The standard InChI is InChI=1S/C32H24NO.C16H20GeN.Ir/c1-21-14-16-26-27-19-25(23-10-6-4-7-11-23)15-17-30(27)34-32(26)31(21)29-18-22(2)28(20-33(29)3)24-12-8-5-9-13-24;1-13-8-6-7-9-15(13)16-11-10-14(12-18(16)5)17(2,3)4;/h4-20H,1,3H2,2H3;6-12H,1,5H2,2-4H3;/q2*-1;. The molecule has 0 saturated heterocycles. The minimum atomic E-state index is -1.78. The molecule has 5 aromatic carbocycles. The molecule has 0 amide bonds. The Hall–Kier alpha value is -5.13. The maximum Gasteiger partial charge on any atom is 0 e. The van der Waals surface area contributed by atoms with Gasteiger partial charge in [-0.3, -0.25) is 0 Å². The van der Waals surface area contributed by atoms with Gasteiger partial charge >= 0.3 is 113 Å². The van der Waals surface area contributed by atoms with Crippen molar-refractivity contribution in [1.82, 2.24) is 0 Å². The van der Waals surface area contributed by atoms with Crippen molar-refractivity contribution in [2.75, 3.05) is 0 Å². The number of pyridine rings is 2. The normalized spacial score (nSPS) is 11.2. The van der Waals surface area contributed by atoms with Crippen LogP contribution in [0.5, 0.6) is 0 Å². The number of aromatic nitrogens is 2. The Labute approximate surface area is 330 Å². The van der Waals surface area contributed by atoms with E-state index in [2.05, 4.69) is 168 Å². The molecule has 8 aromatic rings. The molecular weight excluding hydrogens is 885 g/mol. The van der Waals surface area contributed by atoms with E-state index in [1.807, 2.05) is 39.5 Å². The number of hydrogen-bond donors (Lipinski definition) is 0. The van der Waals surface area contributed by atoms with Gasteiger partial charge in [0.2, 0.25) is 0 Å². The van der Waals surface area contributed by atoms with Crippen molar-refractivity contribution in [2.45, 2.75) is 24.2 Å². The molecule has 0 bridgehead atoms. The second kappa shape index (κ2) is 15.5. The van der Waals surface area contributed by atoms with Crippen LogP contribution in [0.2, 0.25) is 17.3 Å². The largest absolute Gasteiger partial charge is 0 e. The second-order valence-corrected chi connectivity index (χ2v) is 25.1. The van der Waals surface area contributed by atoms with Gasteiger partial charge < -0.3 is 8.98 Å². The zero-order valence-corrected chi connectivity index (χ0v) is 35.3. The number of rotatable bonds is 5. The van der Waals surface area contributed by atoms with Crippen LogP contribution in [0, 0.1) is 34.9 Å². The summed E-state index contributed by atoms with van der Waals surface area (Å²) in [5.41, 5.74) is 13.8. The van der Waals surface area contributed by atoms with Gasteiger partial charge in [-0.25, -0.2) is 0 Å². The Kier molecular flexibility index (Phi) is 11.0. The van der Waals surface area contributed by atoms with Crippen LogP contribution in [0.25, 0.3) is 66.7 Å². The molecule has 53 heavy (non-hydrogen) atoms. The fourth-order valence-corrected chi connectivity index (χ4v) is 9.17. The van der Waals surface area contributed by atoms with E-state index in [-0.39, 0.29) is 20.1 Å². The summed E-state index contributed by atoms with van der Waals surface area (Å²) < 4.78 is 11.8. The first-order chi connectivity index (χ1) is 25.0. The van der Waals surface area contributed by atoms with Crippen LogP contribution in [-0.4, -0.2) is 13.3 Å². The van der Waals surface area contributed by atoms with E-state index in [1.165, 1.54) is 26.6 Å². The maximum absolute atomic E-state index is 6.44. The SMILES string of the molecule is [CH2-]c1ccc2c(oc3ccc(-c4ccccc4)cc32)c1-c1cc(C)c(-c2ccccc2)c[n+]1[CH2-].[CH2-]c1ccccc1-c1cc[c]([Ge]([CH3])([CH3])[CH3])c[n+]1[CH2-].[Ir]. The van der Waals surface area contributed by atoms with E-state index >= 15 is 0 Å². The summed E-state index contributed by atoms with van der Waals surface area (Å²) in [6.07, 6.45) is 4.27. The summed E-state index contributed by atoms with van der Waals surface area (Å²) >= 11 is -1.78. The summed E-state index contributed by atoms with van der Waals surface area (Å²) in [6.45, 7) is 10.6. The van der Waals surface area contributed by atoms with Crippen molar-refractivity contribution in [3.63, 3.8) is 0 Å². The molecule has 267 valence electrons. The number of benzene rings is 5. The monoisotopic (exact) mass is 931 g/mol. The molecule has 0 fully saturated rings. The van der Waals surface area contributed by atoms with Crippen molar-refractivity contribution >= 4 is 39.6 Å². The van der Waals surface area contributed by atoms with Crippen LogP contribution in [0.4, 0.5) is 0 Å². The van der Waals surface area contributed by atoms with Gasteiger partial charge in [-0.1, -0.05) is 83.9 Å². The first kappa shape index (κ1) is 37.6. The molecule has 3 aromatic heterocycles. The Balaban J connectivity index is 0.000000215. The zero-order chi connectivity index (χ0) is 36.6. The van der Waals surface area contributed by atoms with Gasteiger partial charge in [-0.2, -0.15) is 18.6 Å². The number of aryl methyl sites for hydroxylation is 1. The first-order valence-electron chi connectivity index (χ1n) is 17.6. The Morgan fingerprint density at radius 2 is 1.19 bits per heavy atom. The number of hydrogen-bond acceptors (Lipinski definition) is 1. The molecular formula is C48H44GeIrN2O-2. The van der Waals surface area contributed by atoms with Gasteiger partial charge in [0.1, 0.15) is 5.58 Å². The van der Waals surface area contributed by atoms with E-state index in [4.69, 9.17) is 4.42 Å². The molecule has 0 saturated carbocycles. The fraction of sp³-hybridized carbons (Fsp3) is 0.0833. The molecule has 0 spiro atoms. The molecule has 3 nitrogen and oxygen atoms in total. The smallest absolute Gasteiger partial charge is 0 e. The summed E-state index contributed by atoms with van der Waals surface area (Å²) in [5, 5.41) is 2.19. The third-order valence-electron chi connectivity index (χ3n) is 9.73. The summed E-state index contributed by atoms with van der Waals surface area (Å²) in [6, 6.07) is 46.2. The van der Waals surface area contributed by atoms with Crippen molar-refractivity contribution < 1.29 is 33.7 Å². The number of furan rings is 1. The number of nitrogens with zero attached hydrogens (tertiary/aromatic N) is 2. The topological polar surface area (TPSA) is 20.9 Å². The van der Waals surface area contributed by atoms with Crippen LogP contribution in [0.3, 0.4) is 0 Å². The quantitative estimate of drug-likeness (QED) is 0.0957.